The van der Waals surface area contributed by atoms with Crippen molar-refractivity contribution in [2.45, 2.75) is 24.8 Å². The SMILES string of the molecule is CCSc1ccc(C(N)c2ccc(C)s2)cc1. The number of hydrogen-bond donors (Lipinski definition) is 1. The standard InChI is InChI=1S/C14H17NS2/c1-3-16-12-7-5-11(6-8-12)14(15)13-9-4-10(2)17-13/h4-9,14H,3,15H2,1-2H3. The smallest absolute Gasteiger partial charge is 0.0646 e. The summed E-state index contributed by atoms with van der Waals surface area (Å²) in [5.74, 6) is 1.11. The number of thioether (sulfide) groups is 1. The highest BCUT2D eigenvalue weighted by Crippen LogP contribution is 2.27. The van der Waals surface area contributed by atoms with Gasteiger partial charge in [-0.05, 0) is 42.5 Å². The van der Waals surface area contributed by atoms with Crippen molar-refractivity contribution in [1.29, 1.82) is 0 Å². The Morgan fingerprint density at radius 1 is 1.18 bits per heavy atom. The van der Waals surface area contributed by atoms with Gasteiger partial charge in [0.25, 0.3) is 0 Å². The Bertz CT molecular complexity index is 473. The van der Waals surface area contributed by atoms with Crippen LogP contribution in [0.2, 0.25) is 0 Å². The molecule has 0 spiro atoms. The van der Waals surface area contributed by atoms with Crippen LogP contribution in [0.4, 0.5) is 0 Å². The predicted molar refractivity (Wildman–Crippen MR) is 77.9 cm³/mol. The Kier molecular flexibility index (Phi) is 4.26. The van der Waals surface area contributed by atoms with Crippen molar-refractivity contribution in [1.82, 2.24) is 0 Å². The molecule has 17 heavy (non-hydrogen) atoms. The zero-order valence-electron chi connectivity index (χ0n) is 10.1. The van der Waals surface area contributed by atoms with E-state index in [1.807, 2.05) is 11.8 Å². The molecule has 90 valence electrons. The van der Waals surface area contributed by atoms with Gasteiger partial charge in [-0.2, -0.15) is 0 Å². The van der Waals surface area contributed by atoms with Crippen molar-refractivity contribution in [3.63, 3.8) is 0 Å². The average molecular weight is 263 g/mol. The molecule has 1 atom stereocenters. The molecule has 1 aromatic heterocycles. The van der Waals surface area contributed by atoms with E-state index in [0.717, 1.165) is 5.75 Å². The molecule has 0 fully saturated rings. The van der Waals surface area contributed by atoms with E-state index in [1.54, 1.807) is 11.3 Å². The number of rotatable bonds is 4. The van der Waals surface area contributed by atoms with Crippen LogP contribution in [-0.2, 0) is 0 Å². The highest BCUT2D eigenvalue weighted by Gasteiger charge is 2.10. The van der Waals surface area contributed by atoms with Gasteiger partial charge in [0.05, 0.1) is 6.04 Å². The van der Waals surface area contributed by atoms with Gasteiger partial charge in [-0.15, -0.1) is 23.1 Å². The first-order valence-electron chi connectivity index (χ1n) is 5.75. The lowest BCUT2D eigenvalue weighted by molar-refractivity contribution is 0.891. The molecule has 0 saturated heterocycles. The minimum absolute atomic E-state index is 0.00868. The number of benzene rings is 1. The molecule has 0 aliphatic rings. The summed E-state index contributed by atoms with van der Waals surface area (Å²) < 4.78 is 0. The maximum Gasteiger partial charge on any atom is 0.0646 e. The summed E-state index contributed by atoms with van der Waals surface area (Å²) >= 11 is 3.63. The highest BCUT2D eigenvalue weighted by atomic mass is 32.2. The third-order valence-corrected chi connectivity index (χ3v) is 4.60. The number of aryl methyl sites for hydroxylation is 1. The van der Waals surface area contributed by atoms with Crippen molar-refractivity contribution < 1.29 is 0 Å². The zero-order chi connectivity index (χ0) is 12.3. The monoisotopic (exact) mass is 263 g/mol. The third-order valence-electron chi connectivity index (χ3n) is 2.62. The molecule has 1 nitrogen and oxygen atoms in total. The third kappa shape index (κ3) is 3.12. The van der Waals surface area contributed by atoms with Gasteiger partial charge in [-0.3, -0.25) is 0 Å². The van der Waals surface area contributed by atoms with E-state index in [2.05, 4.69) is 50.2 Å². The van der Waals surface area contributed by atoms with E-state index in [4.69, 9.17) is 5.73 Å². The first-order valence-corrected chi connectivity index (χ1v) is 7.55. The molecule has 2 N–H and O–H groups in total. The van der Waals surface area contributed by atoms with Crippen LogP contribution in [0.5, 0.6) is 0 Å². The van der Waals surface area contributed by atoms with E-state index in [-0.39, 0.29) is 6.04 Å². The van der Waals surface area contributed by atoms with Crippen LogP contribution in [0, 0.1) is 6.92 Å². The van der Waals surface area contributed by atoms with E-state index >= 15 is 0 Å². The number of hydrogen-bond acceptors (Lipinski definition) is 3. The summed E-state index contributed by atoms with van der Waals surface area (Å²) in [6.07, 6.45) is 0. The van der Waals surface area contributed by atoms with Gasteiger partial charge < -0.3 is 5.73 Å². The fraction of sp³-hybridized carbons (Fsp3) is 0.286. The molecule has 2 rings (SSSR count). The molecule has 3 heteroatoms. The molecular weight excluding hydrogens is 246 g/mol. The zero-order valence-corrected chi connectivity index (χ0v) is 11.8. The van der Waals surface area contributed by atoms with Crippen LogP contribution in [0.1, 0.15) is 28.3 Å². The van der Waals surface area contributed by atoms with Gasteiger partial charge in [0.2, 0.25) is 0 Å². The Balaban J connectivity index is 2.16. The van der Waals surface area contributed by atoms with Gasteiger partial charge in [0.15, 0.2) is 0 Å². The second-order valence-corrected chi connectivity index (χ2v) is 6.59. The largest absolute Gasteiger partial charge is 0.320 e. The van der Waals surface area contributed by atoms with E-state index in [1.165, 1.54) is 20.2 Å². The normalized spacial score (nSPS) is 12.6. The maximum atomic E-state index is 6.26. The fourth-order valence-electron chi connectivity index (χ4n) is 1.72. The van der Waals surface area contributed by atoms with Crippen molar-refractivity contribution in [3.05, 3.63) is 51.7 Å². The van der Waals surface area contributed by atoms with E-state index in [0.29, 0.717) is 0 Å². The Morgan fingerprint density at radius 2 is 1.88 bits per heavy atom. The summed E-state index contributed by atoms with van der Waals surface area (Å²) in [6, 6.07) is 12.8. The molecule has 1 heterocycles. The molecule has 0 aliphatic carbocycles. The van der Waals surface area contributed by atoms with Gasteiger partial charge in [-0.25, -0.2) is 0 Å². The predicted octanol–water partition coefficient (Wildman–Crippen LogP) is 4.22. The summed E-state index contributed by atoms with van der Waals surface area (Å²) in [5.41, 5.74) is 7.44. The first-order chi connectivity index (χ1) is 8.20. The lowest BCUT2D eigenvalue weighted by Gasteiger charge is -2.10. The molecular formula is C14H17NS2. The van der Waals surface area contributed by atoms with Gasteiger partial charge >= 0.3 is 0 Å². The van der Waals surface area contributed by atoms with Crippen LogP contribution in [0.15, 0.2) is 41.3 Å². The summed E-state index contributed by atoms with van der Waals surface area (Å²) in [4.78, 5) is 3.86. The molecule has 1 aromatic carbocycles. The molecule has 2 aromatic rings. The molecule has 0 aliphatic heterocycles. The van der Waals surface area contributed by atoms with Gasteiger partial charge in [0, 0.05) is 14.6 Å². The van der Waals surface area contributed by atoms with Crippen molar-refractivity contribution >= 4 is 23.1 Å². The Morgan fingerprint density at radius 3 is 2.41 bits per heavy atom. The quantitative estimate of drug-likeness (QED) is 0.836. The fourth-order valence-corrected chi connectivity index (χ4v) is 3.29. The lowest BCUT2D eigenvalue weighted by atomic mass is 10.1. The van der Waals surface area contributed by atoms with Crippen molar-refractivity contribution in [2.24, 2.45) is 5.73 Å². The average Bonchev–Trinajstić information content (AvgIpc) is 2.76. The number of thiophene rings is 1. The van der Waals surface area contributed by atoms with E-state index in [9.17, 15) is 0 Å². The minimum atomic E-state index is 0.00868. The molecule has 0 amide bonds. The number of nitrogens with two attached hydrogens (primary N) is 1. The highest BCUT2D eigenvalue weighted by molar-refractivity contribution is 7.99. The Hall–Kier alpha value is -0.770. The van der Waals surface area contributed by atoms with Crippen LogP contribution < -0.4 is 5.73 Å². The molecule has 1 unspecified atom stereocenters. The first kappa shape index (κ1) is 12.7. The second kappa shape index (κ2) is 5.71. The van der Waals surface area contributed by atoms with Crippen LogP contribution >= 0.6 is 23.1 Å². The Labute approximate surface area is 111 Å². The minimum Gasteiger partial charge on any atom is -0.320 e. The summed E-state index contributed by atoms with van der Waals surface area (Å²) in [6.45, 7) is 4.28. The van der Waals surface area contributed by atoms with Crippen molar-refractivity contribution in [3.8, 4) is 0 Å². The van der Waals surface area contributed by atoms with Gasteiger partial charge in [0.1, 0.15) is 0 Å². The van der Waals surface area contributed by atoms with Gasteiger partial charge in [-0.1, -0.05) is 19.1 Å². The maximum absolute atomic E-state index is 6.26. The van der Waals surface area contributed by atoms with Crippen molar-refractivity contribution in [2.75, 3.05) is 5.75 Å². The molecule has 0 saturated carbocycles. The lowest BCUT2D eigenvalue weighted by Crippen LogP contribution is -2.09. The van der Waals surface area contributed by atoms with Crippen LogP contribution in [0.25, 0.3) is 0 Å². The summed E-state index contributed by atoms with van der Waals surface area (Å²) in [7, 11) is 0. The summed E-state index contributed by atoms with van der Waals surface area (Å²) in [5, 5.41) is 0. The molecule has 0 radical (unpaired) electrons. The van der Waals surface area contributed by atoms with E-state index < -0.39 is 0 Å². The molecule has 0 bridgehead atoms. The van der Waals surface area contributed by atoms with Crippen LogP contribution in [-0.4, -0.2) is 5.75 Å². The van der Waals surface area contributed by atoms with Crippen LogP contribution in [0.3, 0.4) is 0 Å². The second-order valence-electron chi connectivity index (χ2n) is 3.93. The topological polar surface area (TPSA) is 26.0 Å².